The summed E-state index contributed by atoms with van der Waals surface area (Å²) in [6.07, 6.45) is -1.38. The molecule has 0 aromatic carbocycles. The molecule has 1 aliphatic carbocycles. The van der Waals surface area contributed by atoms with Crippen LogP contribution in [0, 0.1) is 18.8 Å². The molecule has 0 unspecified atom stereocenters. The lowest BCUT2D eigenvalue weighted by Gasteiger charge is -2.35. The summed E-state index contributed by atoms with van der Waals surface area (Å²) in [5.41, 5.74) is -0.639. The second-order valence-electron chi connectivity index (χ2n) is 6.67. The van der Waals surface area contributed by atoms with E-state index in [9.17, 15) is 18.0 Å². The van der Waals surface area contributed by atoms with E-state index in [-0.39, 0.29) is 11.9 Å². The van der Waals surface area contributed by atoms with E-state index in [1.165, 1.54) is 6.92 Å². The molecule has 0 radical (unpaired) electrons. The van der Waals surface area contributed by atoms with Gasteiger partial charge in [-0.05, 0) is 38.2 Å². The number of carbonyl (C=O) groups excluding carboxylic acids is 1. The van der Waals surface area contributed by atoms with E-state index in [1.807, 2.05) is 0 Å². The average molecular weight is 331 g/mol. The molecule has 1 amide bonds. The van der Waals surface area contributed by atoms with Gasteiger partial charge in [0, 0.05) is 11.7 Å². The minimum absolute atomic E-state index is 0.0756. The third kappa shape index (κ3) is 3.87. The van der Waals surface area contributed by atoms with Gasteiger partial charge in [-0.2, -0.15) is 18.3 Å². The number of carbonyl (C=O) groups is 1. The average Bonchev–Trinajstić information content (AvgIpc) is 2.85. The Morgan fingerprint density at radius 3 is 2.61 bits per heavy atom. The molecule has 4 atom stereocenters. The number of amides is 1. The summed E-state index contributed by atoms with van der Waals surface area (Å²) >= 11 is 0. The molecule has 2 rings (SSSR count). The van der Waals surface area contributed by atoms with Crippen LogP contribution in [0.4, 0.5) is 13.2 Å². The zero-order chi connectivity index (χ0) is 17.4. The van der Waals surface area contributed by atoms with E-state index >= 15 is 0 Å². The first-order valence-electron chi connectivity index (χ1n) is 8.05. The van der Waals surface area contributed by atoms with Crippen molar-refractivity contribution in [2.24, 2.45) is 11.8 Å². The van der Waals surface area contributed by atoms with Crippen LogP contribution in [0.1, 0.15) is 57.5 Å². The topological polar surface area (TPSA) is 46.9 Å². The second-order valence-corrected chi connectivity index (χ2v) is 6.67. The fourth-order valence-corrected chi connectivity index (χ4v) is 3.22. The first kappa shape index (κ1) is 17.8. The van der Waals surface area contributed by atoms with Crippen LogP contribution in [0.5, 0.6) is 0 Å². The molecule has 1 fully saturated rings. The maximum atomic E-state index is 12.7. The second kappa shape index (κ2) is 6.53. The van der Waals surface area contributed by atoms with Gasteiger partial charge in [-0.25, -0.2) is 0 Å². The molecule has 0 spiro atoms. The van der Waals surface area contributed by atoms with Crippen molar-refractivity contribution in [1.82, 2.24) is 15.1 Å². The number of nitrogens with zero attached hydrogens (tertiary/aromatic N) is 2. The highest BCUT2D eigenvalue weighted by Gasteiger charge is 2.36. The molecule has 1 aromatic heterocycles. The first-order chi connectivity index (χ1) is 10.6. The third-order valence-corrected chi connectivity index (χ3v) is 4.99. The van der Waals surface area contributed by atoms with E-state index in [2.05, 4.69) is 24.3 Å². The van der Waals surface area contributed by atoms with Crippen molar-refractivity contribution in [2.45, 2.75) is 65.2 Å². The predicted molar refractivity (Wildman–Crippen MR) is 80.8 cm³/mol. The summed E-state index contributed by atoms with van der Waals surface area (Å²) in [7, 11) is 0. The fraction of sp³-hybridized carbons (Fsp3) is 0.750. The fourth-order valence-electron chi connectivity index (χ4n) is 3.22. The molecule has 0 saturated heterocycles. The molecule has 1 heterocycles. The minimum atomic E-state index is -4.50. The molecule has 0 bridgehead atoms. The Balaban J connectivity index is 2.09. The van der Waals surface area contributed by atoms with Crippen LogP contribution < -0.4 is 5.32 Å². The van der Waals surface area contributed by atoms with Gasteiger partial charge in [-0.15, -0.1) is 0 Å². The van der Waals surface area contributed by atoms with Gasteiger partial charge in [0.2, 0.25) is 5.91 Å². The minimum Gasteiger partial charge on any atom is -0.351 e. The Bertz CT molecular complexity index is 567. The van der Waals surface area contributed by atoms with Crippen molar-refractivity contribution in [1.29, 1.82) is 0 Å². The van der Waals surface area contributed by atoms with Crippen LogP contribution >= 0.6 is 0 Å². The van der Waals surface area contributed by atoms with E-state index in [4.69, 9.17) is 0 Å². The SMILES string of the molecule is Cc1cc(C(F)(F)F)nn1[C@@H](C)C(=O)N[C@H]1CCC[C@H](C)[C@@H]1C. The zero-order valence-electron chi connectivity index (χ0n) is 13.9. The van der Waals surface area contributed by atoms with Gasteiger partial charge >= 0.3 is 6.18 Å². The zero-order valence-corrected chi connectivity index (χ0v) is 13.9. The quantitative estimate of drug-likeness (QED) is 0.918. The molecule has 23 heavy (non-hydrogen) atoms. The summed E-state index contributed by atoms with van der Waals surface area (Å²) in [5.74, 6) is 0.618. The maximum absolute atomic E-state index is 12.7. The van der Waals surface area contributed by atoms with Crippen molar-refractivity contribution < 1.29 is 18.0 Å². The third-order valence-electron chi connectivity index (χ3n) is 4.99. The lowest BCUT2D eigenvalue weighted by Crippen LogP contribution is -2.46. The molecule has 4 nitrogen and oxygen atoms in total. The molecule has 7 heteroatoms. The highest BCUT2D eigenvalue weighted by Crippen LogP contribution is 2.31. The normalized spacial score (nSPS) is 26.8. The Kier molecular flexibility index (Phi) is 5.06. The number of hydrogen-bond acceptors (Lipinski definition) is 2. The number of aryl methyl sites for hydroxylation is 1. The van der Waals surface area contributed by atoms with Crippen molar-refractivity contribution in [3.8, 4) is 0 Å². The first-order valence-corrected chi connectivity index (χ1v) is 8.05. The van der Waals surface area contributed by atoms with Crippen molar-refractivity contribution >= 4 is 5.91 Å². The number of alkyl halides is 3. The van der Waals surface area contributed by atoms with Gasteiger partial charge in [-0.1, -0.05) is 26.7 Å². The van der Waals surface area contributed by atoms with Gasteiger partial charge in [0.25, 0.3) is 0 Å². The van der Waals surface area contributed by atoms with Crippen molar-refractivity contribution in [2.75, 3.05) is 0 Å². The van der Waals surface area contributed by atoms with E-state index < -0.39 is 17.9 Å². The van der Waals surface area contributed by atoms with Crippen LogP contribution in [-0.2, 0) is 11.0 Å². The summed E-state index contributed by atoms with van der Waals surface area (Å²) < 4.78 is 39.4. The number of hydrogen-bond donors (Lipinski definition) is 1. The predicted octanol–water partition coefficient (Wildman–Crippen LogP) is 3.71. The van der Waals surface area contributed by atoms with Crippen LogP contribution in [0.15, 0.2) is 6.07 Å². The summed E-state index contributed by atoms with van der Waals surface area (Å²) in [6, 6.07) is 0.275. The molecular weight excluding hydrogens is 307 g/mol. The van der Waals surface area contributed by atoms with E-state index in [1.54, 1.807) is 6.92 Å². The standard InChI is InChI=1S/C16H24F3N3O/c1-9-6-5-7-13(11(9)3)20-15(23)12(4)22-10(2)8-14(21-22)16(17,18)19/h8-9,11-13H,5-7H2,1-4H3,(H,20,23)/t9-,11-,12-,13-/m0/s1. The van der Waals surface area contributed by atoms with Crippen molar-refractivity contribution in [3.63, 3.8) is 0 Å². The molecular formula is C16H24F3N3O. The Labute approximate surface area is 134 Å². The lowest BCUT2D eigenvalue weighted by molar-refractivity contribution is -0.142. The van der Waals surface area contributed by atoms with Crippen molar-refractivity contribution in [3.05, 3.63) is 17.5 Å². The highest BCUT2D eigenvalue weighted by molar-refractivity contribution is 5.80. The molecule has 0 aliphatic heterocycles. The molecule has 1 N–H and O–H groups in total. The van der Waals surface area contributed by atoms with Crippen LogP contribution in [0.2, 0.25) is 0 Å². The number of rotatable bonds is 3. The lowest BCUT2D eigenvalue weighted by atomic mass is 9.78. The van der Waals surface area contributed by atoms with Crippen LogP contribution in [-0.4, -0.2) is 21.7 Å². The number of halogens is 3. The summed E-state index contributed by atoms with van der Waals surface area (Å²) in [4.78, 5) is 12.4. The Morgan fingerprint density at radius 2 is 2.04 bits per heavy atom. The van der Waals surface area contributed by atoms with E-state index in [0.29, 0.717) is 17.5 Å². The molecule has 130 valence electrons. The Morgan fingerprint density at radius 1 is 1.39 bits per heavy atom. The monoisotopic (exact) mass is 331 g/mol. The van der Waals surface area contributed by atoms with Crippen LogP contribution in [0.25, 0.3) is 0 Å². The number of nitrogens with one attached hydrogen (secondary N) is 1. The summed E-state index contributed by atoms with van der Waals surface area (Å²) in [5, 5.41) is 6.55. The molecule has 1 saturated carbocycles. The van der Waals surface area contributed by atoms with Gasteiger partial charge in [-0.3, -0.25) is 9.48 Å². The van der Waals surface area contributed by atoms with Gasteiger partial charge in [0.05, 0.1) is 0 Å². The Hall–Kier alpha value is -1.53. The molecule has 1 aromatic rings. The van der Waals surface area contributed by atoms with Gasteiger partial charge in [0.1, 0.15) is 6.04 Å². The van der Waals surface area contributed by atoms with Gasteiger partial charge in [0.15, 0.2) is 5.69 Å². The molecule has 1 aliphatic rings. The largest absolute Gasteiger partial charge is 0.435 e. The summed E-state index contributed by atoms with van der Waals surface area (Å²) in [6.45, 7) is 7.38. The van der Waals surface area contributed by atoms with Gasteiger partial charge < -0.3 is 5.32 Å². The number of aromatic nitrogens is 2. The maximum Gasteiger partial charge on any atom is 0.435 e. The van der Waals surface area contributed by atoms with Crippen LogP contribution in [0.3, 0.4) is 0 Å². The smallest absolute Gasteiger partial charge is 0.351 e. The van der Waals surface area contributed by atoms with E-state index in [0.717, 1.165) is 30.0 Å². The highest BCUT2D eigenvalue weighted by atomic mass is 19.4.